The Bertz CT molecular complexity index is 447. The van der Waals surface area contributed by atoms with Gasteiger partial charge in [-0.3, -0.25) is 4.79 Å². The molecule has 3 nitrogen and oxygen atoms in total. The van der Waals surface area contributed by atoms with E-state index in [1.807, 2.05) is 12.1 Å². The largest absolute Gasteiger partial charge is 0.359 e. The molecule has 0 bridgehead atoms. The number of carbonyl (C=O) groups is 1. The first kappa shape index (κ1) is 9.97. The maximum Gasteiger partial charge on any atom is 0.242 e. The average molecular weight is 237 g/mol. The van der Waals surface area contributed by atoms with Crippen molar-refractivity contribution in [2.45, 2.75) is 18.9 Å². The molecule has 1 aromatic rings. The van der Waals surface area contributed by atoms with Gasteiger partial charge in [0.05, 0.1) is 0 Å². The lowest BCUT2D eigenvalue weighted by atomic mass is 10.1. The summed E-state index contributed by atoms with van der Waals surface area (Å²) in [5.41, 5.74) is 2.43. The highest BCUT2D eigenvalue weighted by Gasteiger charge is 2.33. The van der Waals surface area contributed by atoms with E-state index in [1.54, 1.807) is 0 Å². The van der Waals surface area contributed by atoms with Gasteiger partial charge in [0.2, 0.25) is 5.91 Å². The molecule has 16 heavy (non-hydrogen) atoms. The summed E-state index contributed by atoms with van der Waals surface area (Å²) in [6.45, 7) is 1.71. The Balaban J connectivity index is 1.96. The van der Waals surface area contributed by atoms with Gasteiger partial charge in [0.15, 0.2) is 0 Å². The molecule has 0 aromatic heterocycles. The number of nitrogens with one attached hydrogen (secondary N) is 1. The number of nitrogens with zero attached hydrogens (tertiary/aromatic N) is 1. The van der Waals surface area contributed by atoms with Gasteiger partial charge in [0.1, 0.15) is 6.04 Å². The zero-order valence-electron chi connectivity index (χ0n) is 8.87. The molecular formula is C12H13ClN2O. The molecule has 1 atom stereocenters. The number of rotatable bonds is 1. The zero-order valence-corrected chi connectivity index (χ0v) is 9.63. The van der Waals surface area contributed by atoms with Crippen LogP contribution in [-0.4, -0.2) is 25.0 Å². The highest BCUT2D eigenvalue weighted by Crippen LogP contribution is 2.33. The fraction of sp³-hybridized carbons (Fsp3) is 0.417. The Labute approximate surface area is 99.4 Å². The lowest BCUT2D eigenvalue weighted by molar-refractivity contribution is -0.120. The molecule has 1 fully saturated rings. The molecule has 1 unspecified atom stereocenters. The number of amides is 1. The number of hydrogen-bond donors (Lipinski definition) is 1. The summed E-state index contributed by atoms with van der Waals surface area (Å²) in [6, 6.07) is 5.94. The third-order valence-electron chi connectivity index (χ3n) is 3.37. The van der Waals surface area contributed by atoms with Gasteiger partial charge in [-0.25, -0.2) is 0 Å². The Morgan fingerprint density at radius 3 is 3.06 bits per heavy atom. The monoisotopic (exact) mass is 236 g/mol. The van der Waals surface area contributed by atoms with Gasteiger partial charge in [0.25, 0.3) is 0 Å². The molecule has 1 N–H and O–H groups in total. The minimum Gasteiger partial charge on any atom is -0.359 e. The van der Waals surface area contributed by atoms with Crippen molar-refractivity contribution < 1.29 is 4.79 Å². The van der Waals surface area contributed by atoms with Gasteiger partial charge in [-0.15, -0.1) is 0 Å². The fourth-order valence-electron chi connectivity index (χ4n) is 2.58. The molecule has 0 aliphatic carbocycles. The van der Waals surface area contributed by atoms with Crippen molar-refractivity contribution in [3.8, 4) is 0 Å². The molecule has 1 amide bonds. The number of carbonyl (C=O) groups excluding carboxylic acids is 1. The molecule has 84 valence electrons. The smallest absolute Gasteiger partial charge is 0.242 e. The third-order valence-corrected chi connectivity index (χ3v) is 3.61. The van der Waals surface area contributed by atoms with Crippen molar-refractivity contribution in [3.63, 3.8) is 0 Å². The lowest BCUT2D eigenvalue weighted by Gasteiger charge is -2.24. The molecule has 1 saturated heterocycles. The van der Waals surface area contributed by atoms with Crippen molar-refractivity contribution >= 4 is 23.2 Å². The number of hydrogen-bond acceptors (Lipinski definition) is 2. The first-order valence-electron chi connectivity index (χ1n) is 5.58. The first-order valence-corrected chi connectivity index (χ1v) is 5.96. The Kier molecular flexibility index (Phi) is 2.28. The highest BCUT2D eigenvalue weighted by atomic mass is 35.5. The summed E-state index contributed by atoms with van der Waals surface area (Å²) < 4.78 is 0. The maximum atomic E-state index is 11.7. The maximum absolute atomic E-state index is 11.7. The standard InChI is InChI=1S/C12H13ClN2O/c13-9-2-1-8-4-6-15(11(8)7-9)10-3-5-14-12(10)16/h1-2,7,10H,3-6H2,(H,14,16). The van der Waals surface area contributed by atoms with Crippen LogP contribution in [0.2, 0.25) is 5.02 Å². The normalized spacial score (nSPS) is 23.4. The van der Waals surface area contributed by atoms with Crippen LogP contribution in [0.1, 0.15) is 12.0 Å². The molecule has 0 spiro atoms. The van der Waals surface area contributed by atoms with Crippen LogP contribution in [0, 0.1) is 0 Å². The van der Waals surface area contributed by atoms with Gasteiger partial charge in [-0.05, 0) is 30.5 Å². The second-order valence-electron chi connectivity index (χ2n) is 4.31. The molecule has 0 radical (unpaired) electrons. The average Bonchev–Trinajstić information content (AvgIpc) is 2.83. The summed E-state index contributed by atoms with van der Waals surface area (Å²) >= 11 is 6.00. The molecule has 2 aliphatic heterocycles. The van der Waals surface area contributed by atoms with E-state index in [0.717, 1.165) is 36.6 Å². The summed E-state index contributed by atoms with van der Waals surface area (Å²) in [5.74, 6) is 0.146. The number of halogens is 1. The van der Waals surface area contributed by atoms with E-state index in [1.165, 1.54) is 5.56 Å². The molecule has 4 heteroatoms. The number of benzene rings is 1. The van der Waals surface area contributed by atoms with Crippen molar-refractivity contribution in [3.05, 3.63) is 28.8 Å². The van der Waals surface area contributed by atoms with Crippen molar-refractivity contribution in [1.82, 2.24) is 5.32 Å². The lowest BCUT2D eigenvalue weighted by Crippen LogP contribution is -2.39. The second-order valence-corrected chi connectivity index (χ2v) is 4.75. The molecule has 0 saturated carbocycles. The topological polar surface area (TPSA) is 32.3 Å². The molecule has 3 rings (SSSR count). The summed E-state index contributed by atoms with van der Waals surface area (Å²) in [6.07, 6.45) is 1.90. The predicted molar refractivity (Wildman–Crippen MR) is 63.9 cm³/mol. The van der Waals surface area contributed by atoms with Crippen molar-refractivity contribution in [2.75, 3.05) is 18.0 Å². The van der Waals surface area contributed by atoms with E-state index in [2.05, 4.69) is 16.3 Å². The van der Waals surface area contributed by atoms with E-state index in [9.17, 15) is 4.79 Å². The Morgan fingerprint density at radius 1 is 1.44 bits per heavy atom. The van der Waals surface area contributed by atoms with Crippen molar-refractivity contribution in [1.29, 1.82) is 0 Å². The van der Waals surface area contributed by atoms with Crippen LogP contribution in [0.3, 0.4) is 0 Å². The highest BCUT2D eigenvalue weighted by molar-refractivity contribution is 6.30. The van der Waals surface area contributed by atoms with Gasteiger partial charge in [-0.1, -0.05) is 17.7 Å². The summed E-state index contributed by atoms with van der Waals surface area (Å²) in [5, 5.41) is 3.62. The van der Waals surface area contributed by atoms with E-state index in [0.29, 0.717) is 0 Å². The Hall–Kier alpha value is -1.22. The van der Waals surface area contributed by atoms with E-state index in [-0.39, 0.29) is 11.9 Å². The molecule has 1 aromatic carbocycles. The Morgan fingerprint density at radius 2 is 2.31 bits per heavy atom. The quantitative estimate of drug-likeness (QED) is 0.803. The second kappa shape index (κ2) is 3.67. The minimum atomic E-state index is -0.000262. The van der Waals surface area contributed by atoms with E-state index < -0.39 is 0 Å². The van der Waals surface area contributed by atoms with E-state index in [4.69, 9.17) is 11.6 Å². The van der Waals surface area contributed by atoms with Crippen LogP contribution < -0.4 is 10.2 Å². The minimum absolute atomic E-state index is 0.000262. The number of fused-ring (bicyclic) bond motifs is 1. The van der Waals surface area contributed by atoms with Crippen LogP contribution in [0.5, 0.6) is 0 Å². The van der Waals surface area contributed by atoms with Crippen LogP contribution in [0.4, 0.5) is 5.69 Å². The van der Waals surface area contributed by atoms with Crippen molar-refractivity contribution in [2.24, 2.45) is 0 Å². The first-order chi connectivity index (χ1) is 7.75. The third kappa shape index (κ3) is 1.47. The fourth-order valence-corrected chi connectivity index (χ4v) is 2.75. The zero-order chi connectivity index (χ0) is 11.1. The molecule has 2 aliphatic rings. The van der Waals surface area contributed by atoms with Crippen LogP contribution in [0.15, 0.2) is 18.2 Å². The van der Waals surface area contributed by atoms with Gasteiger partial charge < -0.3 is 10.2 Å². The molecule has 2 heterocycles. The van der Waals surface area contributed by atoms with Crippen LogP contribution in [0.25, 0.3) is 0 Å². The molecular weight excluding hydrogens is 224 g/mol. The van der Waals surface area contributed by atoms with Crippen LogP contribution in [-0.2, 0) is 11.2 Å². The van der Waals surface area contributed by atoms with E-state index >= 15 is 0 Å². The SMILES string of the molecule is O=C1NCCC1N1CCc2ccc(Cl)cc21. The van der Waals surface area contributed by atoms with Crippen LogP contribution >= 0.6 is 11.6 Å². The van der Waals surface area contributed by atoms with Gasteiger partial charge in [-0.2, -0.15) is 0 Å². The number of anilines is 1. The summed E-state index contributed by atoms with van der Waals surface area (Å²) in [7, 11) is 0. The van der Waals surface area contributed by atoms with Gasteiger partial charge >= 0.3 is 0 Å². The van der Waals surface area contributed by atoms with Gasteiger partial charge in [0, 0.05) is 23.8 Å². The predicted octanol–water partition coefficient (Wildman–Crippen LogP) is 1.59. The summed E-state index contributed by atoms with van der Waals surface area (Å²) in [4.78, 5) is 13.9.